The number of carbonyl (C=O) groups excluding carboxylic acids is 3. The lowest BCUT2D eigenvalue weighted by Crippen LogP contribution is -2.41. The summed E-state index contributed by atoms with van der Waals surface area (Å²) < 4.78 is 88.4. The van der Waals surface area contributed by atoms with E-state index < -0.39 is 49.1 Å². The van der Waals surface area contributed by atoms with Gasteiger partial charge in [-0.15, -0.1) is 0 Å². The zero-order valence-corrected chi connectivity index (χ0v) is 62.4. The number of fused-ring (bicyclic) bond motifs is 1. The van der Waals surface area contributed by atoms with E-state index >= 15 is 14.4 Å². The zero-order chi connectivity index (χ0) is 78.3. The van der Waals surface area contributed by atoms with Gasteiger partial charge in [0.25, 0.3) is 0 Å². The molecule has 0 unspecified atom stereocenters. The maximum absolute atomic E-state index is 16.0. The quantitative estimate of drug-likeness (QED) is 0.0287. The highest BCUT2D eigenvalue weighted by Gasteiger charge is 2.52. The Hall–Kier alpha value is -14.4. The smallest absolute Gasteiger partial charge is 0.338 e. The van der Waals surface area contributed by atoms with E-state index in [0.29, 0.717) is 0 Å². The molecular formula is C94H79N5O16. The molecule has 1 aliphatic heterocycles. The number of esters is 3. The summed E-state index contributed by atoms with van der Waals surface area (Å²) in [5.41, 5.74) is 14.1. The molecule has 15 rings (SSSR count). The van der Waals surface area contributed by atoms with Crippen molar-refractivity contribution >= 4 is 34.9 Å². The summed E-state index contributed by atoms with van der Waals surface area (Å²) in [4.78, 5) is 60.9. The molecule has 0 radical (unpaired) electrons. The number of hydrogen-bond acceptors (Lipinski definition) is 20. The molecule has 1 saturated heterocycles. The number of nitrogens with zero attached hydrogens (tertiary/aromatic N) is 4. The summed E-state index contributed by atoms with van der Waals surface area (Å²) >= 11 is 0. The Balaban J connectivity index is 0.844. The lowest BCUT2D eigenvalue weighted by atomic mass is 10.1. The third kappa shape index (κ3) is 19.8. The van der Waals surface area contributed by atoms with Crippen molar-refractivity contribution in [3.05, 3.63) is 389 Å². The van der Waals surface area contributed by atoms with E-state index in [9.17, 15) is 0 Å². The van der Waals surface area contributed by atoms with Crippen LogP contribution >= 0.6 is 0 Å². The third-order valence-electron chi connectivity index (χ3n) is 18.7. The van der Waals surface area contributed by atoms with Gasteiger partial charge >= 0.3 is 17.9 Å². The first-order valence-electron chi connectivity index (χ1n) is 37.4. The molecule has 0 bridgehead atoms. The second kappa shape index (κ2) is 37.5. The Morgan fingerprint density at radius 3 is 0.870 bits per heavy atom. The van der Waals surface area contributed by atoms with Crippen molar-refractivity contribution in [3.63, 3.8) is 0 Å². The van der Waals surface area contributed by atoms with Crippen LogP contribution in [0.4, 0.5) is 5.82 Å². The highest BCUT2D eigenvalue weighted by atomic mass is 16.7. The molecule has 12 aromatic carbocycles. The summed E-state index contributed by atoms with van der Waals surface area (Å²) in [6.07, 6.45) is -3.74. The average Bonchev–Trinajstić information content (AvgIpc) is 1.61. The topological polar surface area (TPSA) is 241 Å². The predicted octanol–water partition coefficient (Wildman–Crippen LogP) is 17.8. The third-order valence-corrected chi connectivity index (χ3v) is 18.7. The Kier molecular flexibility index (Phi) is 24.8. The number of nitrogen functional groups attached to an aromatic ring is 1. The summed E-state index contributed by atoms with van der Waals surface area (Å²) in [7, 11) is 0. The molecule has 0 spiro atoms. The van der Waals surface area contributed by atoms with Gasteiger partial charge in [0.05, 0.1) is 23.0 Å². The molecule has 0 amide bonds. The molecule has 0 aliphatic carbocycles. The van der Waals surface area contributed by atoms with E-state index in [2.05, 4.69) is 15.0 Å². The number of hydrogen-bond donors (Lipinski definition) is 1. The van der Waals surface area contributed by atoms with E-state index in [-0.39, 0.29) is 145 Å². The first kappa shape index (κ1) is 76.0. The maximum atomic E-state index is 16.0. The van der Waals surface area contributed by atoms with E-state index in [4.69, 9.17) is 67.3 Å². The summed E-state index contributed by atoms with van der Waals surface area (Å²) in [5.74, 6) is -1.41. The van der Waals surface area contributed by atoms with Crippen LogP contribution < -0.4 is 48.4 Å². The molecule has 4 atom stereocenters. The Morgan fingerprint density at radius 2 is 0.583 bits per heavy atom. The molecule has 2 N–H and O–H groups in total. The van der Waals surface area contributed by atoms with Gasteiger partial charge in [0.15, 0.2) is 64.4 Å². The molecule has 14 aromatic rings. The van der Waals surface area contributed by atoms with Gasteiger partial charge in [-0.2, -0.15) is 0 Å². The maximum Gasteiger partial charge on any atom is 0.338 e. The monoisotopic (exact) mass is 1530 g/mol. The molecule has 21 nitrogen and oxygen atoms in total. The summed E-state index contributed by atoms with van der Waals surface area (Å²) in [5, 5.41) is 0. The van der Waals surface area contributed by atoms with Gasteiger partial charge in [0.2, 0.25) is 17.2 Å². The number of anilines is 1. The van der Waals surface area contributed by atoms with Gasteiger partial charge in [-0.25, -0.2) is 29.3 Å². The number of carbonyl (C=O) groups is 3. The van der Waals surface area contributed by atoms with Crippen LogP contribution in [0.1, 0.15) is 87.4 Å². The molecule has 21 heteroatoms. The predicted molar refractivity (Wildman–Crippen MR) is 429 cm³/mol. The average molecular weight is 1530 g/mol. The SMILES string of the molecule is Nc1ncnc2c1ncn2[C@@H]1O[C@H](COC(=O)c2cc(OCc3ccccc3)c(OCc3ccccc3)c(OCc3ccccc3)c2)[C@@H](OC(=O)c2cc(OCc3ccccc3)c(OCc3ccccc3)c(OCc3ccccc3)c2)[C@H]1OC(=O)c1cc(OCc2ccccc2)c(OCc2ccccc2)c(OCc2ccccc2)c1. The molecule has 1 fully saturated rings. The fourth-order valence-electron chi connectivity index (χ4n) is 12.8. The first-order chi connectivity index (χ1) is 56.6. The Labute approximate surface area is 663 Å². The van der Waals surface area contributed by atoms with Crippen LogP contribution in [0.15, 0.2) is 322 Å². The normalized spacial score (nSPS) is 14.2. The van der Waals surface area contributed by atoms with Gasteiger partial charge in [-0.1, -0.05) is 273 Å². The largest absolute Gasteiger partial charge is 0.485 e. The van der Waals surface area contributed by atoms with Crippen LogP contribution in [-0.2, 0) is 78.4 Å². The number of aromatic nitrogens is 4. The highest BCUT2D eigenvalue weighted by Crippen LogP contribution is 2.46. The Bertz CT molecular complexity index is 5340. The fourth-order valence-corrected chi connectivity index (χ4v) is 12.8. The van der Waals surface area contributed by atoms with Crippen LogP contribution in [0, 0.1) is 0 Å². The van der Waals surface area contributed by atoms with E-state index in [1.165, 1.54) is 53.6 Å². The van der Waals surface area contributed by atoms with Crippen molar-refractivity contribution < 1.29 is 76.0 Å². The number of ether oxygens (including phenoxy) is 13. The van der Waals surface area contributed by atoms with Crippen LogP contribution in [0.3, 0.4) is 0 Å². The highest BCUT2D eigenvalue weighted by molar-refractivity contribution is 5.93. The minimum absolute atomic E-state index is 0.0203. The van der Waals surface area contributed by atoms with Crippen molar-refractivity contribution in [2.75, 3.05) is 12.3 Å². The summed E-state index contributed by atoms with van der Waals surface area (Å²) in [6.45, 7) is -0.0571. The Morgan fingerprint density at radius 1 is 0.322 bits per heavy atom. The molecule has 0 saturated carbocycles. The molecule has 3 heterocycles. The minimum atomic E-state index is -1.69. The van der Waals surface area contributed by atoms with Crippen molar-refractivity contribution in [3.8, 4) is 51.7 Å². The zero-order valence-electron chi connectivity index (χ0n) is 62.4. The van der Waals surface area contributed by atoms with Crippen LogP contribution in [0.5, 0.6) is 51.7 Å². The van der Waals surface area contributed by atoms with E-state index in [0.717, 1.165) is 50.1 Å². The van der Waals surface area contributed by atoms with Crippen molar-refractivity contribution in [2.24, 2.45) is 0 Å². The minimum Gasteiger partial charge on any atom is -0.485 e. The first-order valence-corrected chi connectivity index (χ1v) is 37.4. The van der Waals surface area contributed by atoms with E-state index in [1.54, 1.807) is 0 Å². The number of benzene rings is 12. The van der Waals surface area contributed by atoms with Gasteiger partial charge in [0.1, 0.15) is 84.0 Å². The second-order valence-corrected chi connectivity index (χ2v) is 26.9. The van der Waals surface area contributed by atoms with Crippen molar-refractivity contribution in [1.29, 1.82) is 0 Å². The molecule has 115 heavy (non-hydrogen) atoms. The van der Waals surface area contributed by atoms with Crippen LogP contribution in [-0.4, -0.2) is 62.3 Å². The van der Waals surface area contributed by atoms with Gasteiger partial charge in [-0.05, 0) is 86.5 Å². The summed E-state index contributed by atoms with van der Waals surface area (Å²) in [6, 6.07) is 94.7. The molecule has 2 aromatic heterocycles. The van der Waals surface area contributed by atoms with Crippen LogP contribution in [0.2, 0.25) is 0 Å². The van der Waals surface area contributed by atoms with Crippen molar-refractivity contribution in [1.82, 2.24) is 19.5 Å². The number of nitrogens with two attached hydrogens (primary N) is 1. The fraction of sp³-hybridized carbons (Fsp3) is 0.149. The lowest BCUT2D eigenvalue weighted by molar-refractivity contribution is -0.0606. The molecule has 1 aliphatic rings. The lowest BCUT2D eigenvalue weighted by Gasteiger charge is -2.26. The second-order valence-electron chi connectivity index (χ2n) is 26.9. The van der Waals surface area contributed by atoms with Gasteiger partial charge < -0.3 is 67.3 Å². The van der Waals surface area contributed by atoms with Gasteiger partial charge in [-0.3, -0.25) is 4.57 Å². The molecule has 576 valence electrons. The number of rotatable bonds is 35. The van der Waals surface area contributed by atoms with Gasteiger partial charge in [0, 0.05) is 0 Å². The standard InChI is InChI=1S/C94H79N5O16/c95-89-83-90(97-62-96-89)99(63-98-83)91-88(115-94(102)75-50-80(107-56-68-36-18-5-19-37-68)86(111-60-72-44-26-9-27-45-72)81(51-75)108-57-69-38-20-6-21-39-69)87(114-93(101)74-48-78(105-54-66-32-14-3-15-33-66)85(110-59-71-42-24-8-25-43-71)79(49-74)106-55-67-34-16-4-17-35-67)82(113-91)61-112-92(100)73-46-76(103-52-64-28-10-1-11-29-64)84(109-58-70-40-22-7-23-41-70)77(47-73)104-53-65-30-12-2-13-31-65/h1-51,62-63,82,87-88,91H,52-61H2,(H2,95,96,97)/t82-,87-,88-,91-/m1/s1. The number of imidazole rings is 1. The van der Waals surface area contributed by atoms with Crippen LogP contribution in [0.25, 0.3) is 11.2 Å². The van der Waals surface area contributed by atoms with Crippen molar-refractivity contribution in [2.45, 2.75) is 84.0 Å². The molecular weight excluding hydrogens is 1460 g/mol. The van der Waals surface area contributed by atoms with E-state index in [1.807, 2.05) is 273 Å².